The Morgan fingerprint density at radius 1 is 0.651 bits per heavy atom. The van der Waals surface area contributed by atoms with Gasteiger partial charge in [-0.05, 0) is 175 Å². The minimum Gasteiger partial charge on any atom is -0.467 e. The Balaban J connectivity index is 1.24. The van der Waals surface area contributed by atoms with Gasteiger partial charge in [0.25, 0.3) is 0 Å². The Kier molecular flexibility index (Phi) is 9.58. The van der Waals surface area contributed by atoms with Crippen LogP contribution in [0.2, 0.25) is 0 Å². The molecular formula is C58H65N3O2. The molecule has 1 aliphatic heterocycles. The van der Waals surface area contributed by atoms with Crippen LogP contribution in [0.5, 0.6) is 11.5 Å². The van der Waals surface area contributed by atoms with Crippen LogP contribution in [-0.2, 0) is 27.5 Å². The third kappa shape index (κ3) is 6.71. The van der Waals surface area contributed by atoms with Gasteiger partial charge in [0, 0.05) is 40.4 Å². The lowest BCUT2D eigenvalue weighted by atomic mass is 9.66. The molecule has 63 heavy (non-hydrogen) atoms. The van der Waals surface area contributed by atoms with Crippen LogP contribution >= 0.6 is 0 Å². The molecule has 0 spiro atoms. The molecule has 3 heterocycles. The molecule has 324 valence electrons. The van der Waals surface area contributed by atoms with Crippen molar-refractivity contribution in [1.82, 2.24) is 9.55 Å². The van der Waals surface area contributed by atoms with Gasteiger partial charge in [0.1, 0.15) is 28.3 Å². The summed E-state index contributed by atoms with van der Waals surface area (Å²) in [6, 6.07) is 31.3. The highest BCUT2D eigenvalue weighted by Gasteiger charge is 2.67. The van der Waals surface area contributed by atoms with Gasteiger partial charge in [-0.25, -0.2) is 9.98 Å². The van der Waals surface area contributed by atoms with Crippen LogP contribution in [0, 0.1) is 47.0 Å². The summed E-state index contributed by atoms with van der Waals surface area (Å²) in [6.07, 6.45) is 2.70. The van der Waals surface area contributed by atoms with Crippen LogP contribution in [0.1, 0.15) is 130 Å². The lowest BCUT2D eigenvalue weighted by molar-refractivity contribution is -0.0673. The number of nitrogens with zero attached hydrogens (tertiary/aromatic N) is 3. The SMILES string of the molecule is Cc1cc(C)c(-c2cc(Oc3cc(-n4c5ccc(C(C)(C)C)cc5c5cccnc54)cc(C(C)(C)C)c3)cc(C3=N[C@]4(C)c5cc(C)c(C)c(C)c5C[C@]4(C(C)(C)C)O3)c2)c(C)c1. The van der Waals surface area contributed by atoms with E-state index in [0.29, 0.717) is 5.90 Å². The summed E-state index contributed by atoms with van der Waals surface area (Å²) in [6.45, 7) is 36.1. The van der Waals surface area contributed by atoms with E-state index in [9.17, 15) is 0 Å². The van der Waals surface area contributed by atoms with E-state index in [4.69, 9.17) is 19.5 Å². The van der Waals surface area contributed by atoms with Gasteiger partial charge >= 0.3 is 0 Å². The fourth-order valence-corrected chi connectivity index (χ4v) is 10.9. The highest BCUT2D eigenvalue weighted by atomic mass is 16.5. The van der Waals surface area contributed by atoms with Gasteiger partial charge in [0.05, 0.1) is 11.2 Å². The summed E-state index contributed by atoms with van der Waals surface area (Å²) in [7, 11) is 0. The molecule has 0 saturated carbocycles. The van der Waals surface area contributed by atoms with Crippen LogP contribution in [0.15, 0.2) is 96.1 Å². The summed E-state index contributed by atoms with van der Waals surface area (Å²) in [4.78, 5) is 10.7. The Morgan fingerprint density at radius 3 is 1.98 bits per heavy atom. The highest BCUT2D eigenvalue weighted by Crippen LogP contribution is 2.61. The van der Waals surface area contributed by atoms with Crippen LogP contribution < -0.4 is 4.74 Å². The predicted molar refractivity (Wildman–Crippen MR) is 264 cm³/mol. The van der Waals surface area contributed by atoms with Crippen LogP contribution in [0.4, 0.5) is 0 Å². The molecule has 5 aromatic carbocycles. The minimum absolute atomic E-state index is 0.0155. The van der Waals surface area contributed by atoms with E-state index in [0.717, 1.165) is 51.3 Å². The first-order valence-corrected chi connectivity index (χ1v) is 22.8. The van der Waals surface area contributed by atoms with Crippen molar-refractivity contribution in [2.24, 2.45) is 10.4 Å². The van der Waals surface area contributed by atoms with E-state index in [-0.39, 0.29) is 16.2 Å². The van der Waals surface area contributed by atoms with Gasteiger partial charge in [-0.1, -0.05) is 92.1 Å². The summed E-state index contributed by atoms with van der Waals surface area (Å²) in [5.74, 6) is 2.16. The van der Waals surface area contributed by atoms with Crippen molar-refractivity contribution in [3.8, 4) is 28.3 Å². The number of aromatic nitrogens is 2. The van der Waals surface area contributed by atoms with E-state index in [1.54, 1.807) is 0 Å². The van der Waals surface area contributed by atoms with Crippen LogP contribution in [0.3, 0.4) is 0 Å². The molecule has 1 aliphatic carbocycles. The molecule has 2 atom stereocenters. The molecule has 0 N–H and O–H groups in total. The molecule has 0 saturated heterocycles. The summed E-state index contributed by atoms with van der Waals surface area (Å²) in [5, 5.41) is 2.33. The molecule has 2 aromatic heterocycles. The van der Waals surface area contributed by atoms with Gasteiger partial charge in [-0.15, -0.1) is 0 Å². The molecule has 0 fully saturated rings. The number of ether oxygens (including phenoxy) is 2. The zero-order valence-corrected chi connectivity index (χ0v) is 40.5. The Bertz CT molecular complexity index is 3050. The van der Waals surface area contributed by atoms with E-state index < -0.39 is 11.1 Å². The highest BCUT2D eigenvalue weighted by molar-refractivity contribution is 6.08. The molecule has 0 amide bonds. The molecule has 7 aromatic rings. The van der Waals surface area contributed by atoms with Crippen molar-refractivity contribution in [3.63, 3.8) is 0 Å². The van der Waals surface area contributed by atoms with E-state index in [1.165, 1.54) is 66.6 Å². The Labute approximate surface area is 375 Å². The zero-order chi connectivity index (χ0) is 45.3. The first-order valence-electron chi connectivity index (χ1n) is 22.8. The number of benzene rings is 5. The Morgan fingerprint density at radius 2 is 1.32 bits per heavy atom. The molecule has 0 radical (unpaired) electrons. The van der Waals surface area contributed by atoms with Gasteiger partial charge in [-0.2, -0.15) is 0 Å². The monoisotopic (exact) mass is 836 g/mol. The maximum absolute atomic E-state index is 7.45. The average molecular weight is 836 g/mol. The number of aliphatic imine (C=N–C) groups is 1. The first kappa shape index (κ1) is 42.6. The number of pyridine rings is 1. The van der Waals surface area contributed by atoms with Crippen molar-refractivity contribution >= 4 is 27.8 Å². The third-order valence-corrected chi connectivity index (χ3v) is 14.6. The quantitative estimate of drug-likeness (QED) is 0.174. The van der Waals surface area contributed by atoms with Crippen LogP contribution in [-0.4, -0.2) is 21.0 Å². The van der Waals surface area contributed by atoms with Crippen molar-refractivity contribution in [1.29, 1.82) is 0 Å². The van der Waals surface area contributed by atoms with Gasteiger partial charge < -0.3 is 9.47 Å². The summed E-state index contributed by atoms with van der Waals surface area (Å²) >= 11 is 0. The molecule has 9 rings (SSSR count). The standard InChI is InChI=1S/C58H65N3O2/c1-33-22-35(3)51(36(4)23-33)39-25-40(53-60-57(16)49-24-34(2)37(5)38(6)48(49)32-58(57,63-53)56(13,14)15)27-44(26-39)62-45-29-42(55(10,11)12)28-43(31-45)61-50-20-19-41(54(7,8)9)30-47(50)46-18-17-21-59-52(46)61/h17-31H,32H2,1-16H3/t57-,58-/m1/s1. The molecule has 5 heteroatoms. The number of rotatable bonds is 5. The Hall–Kier alpha value is -5.68. The van der Waals surface area contributed by atoms with Crippen molar-refractivity contribution in [2.75, 3.05) is 0 Å². The molecular weight excluding hydrogens is 771 g/mol. The number of aryl methyl sites for hydroxylation is 4. The maximum Gasteiger partial charge on any atom is 0.217 e. The van der Waals surface area contributed by atoms with Crippen molar-refractivity contribution < 1.29 is 9.47 Å². The summed E-state index contributed by atoms with van der Waals surface area (Å²) < 4.78 is 16.9. The first-order chi connectivity index (χ1) is 29.4. The molecule has 0 bridgehead atoms. The second-order valence-electron chi connectivity index (χ2n) is 22.1. The fourth-order valence-electron chi connectivity index (χ4n) is 10.9. The smallest absolute Gasteiger partial charge is 0.217 e. The average Bonchev–Trinajstić information content (AvgIpc) is 3.78. The number of hydrogen-bond donors (Lipinski definition) is 0. The van der Waals surface area contributed by atoms with Crippen molar-refractivity contribution in [3.05, 3.63) is 152 Å². The lowest BCUT2D eigenvalue weighted by Crippen LogP contribution is -2.54. The minimum atomic E-state index is -0.578. The van der Waals surface area contributed by atoms with Crippen molar-refractivity contribution in [2.45, 2.75) is 139 Å². The van der Waals surface area contributed by atoms with E-state index >= 15 is 0 Å². The number of fused-ring (bicyclic) bond motifs is 6. The number of hydrogen-bond acceptors (Lipinski definition) is 4. The van der Waals surface area contributed by atoms with E-state index in [2.05, 4.69) is 194 Å². The van der Waals surface area contributed by atoms with Gasteiger partial charge in [-0.3, -0.25) is 4.57 Å². The fraction of sp³-hybridized carbons (Fsp3) is 0.379. The summed E-state index contributed by atoms with van der Waals surface area (Å²) in [5.41, 5.74) is 17.6. The maximum atomic E-state index is 7.45. The lowest BCUT2D eigenvalue weighted by Gasteiger charge is -2.45. The van der Waals surface area contributed by atoms with Gasteiger partial charge in [0.15, 0.2) is 0 Å². The van der Waals surface area contributed by atoms with Gasteiger partial charge in [0.2, 0.25) is 5.90 Å². The largest absolute Gasteiger partial charge is 0.467 e. The second kappa shape index (κ2) is 14.2. The molecule has 0 unspecified atom stereocenters. The zero-order valence-electron chi connectivity index (χ0n) is 40.5. The third-order valence-electron chi connectivity index (χ3n) is 14.6. The topological polar surface area (TPSA) is 48.6 Å². The van der Waals surface area contributed by atoms with E-state index in [1.807, 2.05) is 12.3 Å². The molecule has 5 nitrogen and oxygen atoms in total. The predicted octanol–water partition coefficient (Wildman–Crippen LogP) is 15.1. The second-order valence-corrected chi connectivity index (χ2v) is 22.1. The normalized spacial score (nSPS) is 18.8. The molecule has 2 aliphatic rings. The van der Waals surface area contributed by atoms with Crippen LogP contribution in [0.25, 0.3) is 38.8 Å².